The van der Waals surface area contributed by atoms with Gasteiger partial charge in [0.2, 0.25) is 0 Å². The van der Waals surface area contributed by atoms with E-state index in [2.05, 4.69) is 171 Å². The zero-order valence-electron chi connectivity index (χ0n) is 35.9. The number of nitrogens with zero attached hydrogens (tertiary/aromatic N) is 5. The average Bonchev–Trinajstić information content (AvgIpc) is 3.99. The molecule has 0 aliphatic rings. The Bertz CT molecular complexity index is 3730. The molecule has 0 spiro atoms. The van der Waals surface area contributed by atoms with Crippen molar-refractivity contribution in [2.24, 2.45) is 0 Å². The minimum Gasteiger partial charge on any atom is -0.309 e. The van der Waals surface area contributed by atoms with Crippen molar-refractivity contribution >= 4 is 65.4 Å². The second kappa shape index (κ2) is 14.0. The average molecular weight is 806 g/mol. The fourth-order valence-electron chi connectivity index (χ4n) is 9.72. The van der Waals surface area contributed by atoms with Gasteiger partial charge in [-0.2, -0.15) is 0 Å². The Hall–Kier alpha value is -8.54. The SMILES string of the molecule is [2H]c1ccc2c(c1)c1cc([2H])ccc1n2-c1ccc(-c2cc(-c3cc(-n4c5ccccc5c5ccccc54)cc(-n4c5ccccc5c5ccccc54)c3)nc(-c3ccccc3)n2)cc1. The Morgan fingerprint density at radius 2 is 0.667 bits per heavy atom. The monoisotopic (exact) mass is 805 g/mol. The highest BCUT2D eigenvalue weighted by Crippen LogP contribution is 2.39. The molecular weight excluding hydrogens is 767 g/mol. The van der Waals surface area contributed by atoms with Crippen LogP contribution in [0.25, 0.3) is 116 Å². The lowest BCUT2D eigenvalue weighted by atomic mass is 10.0. The maximum atomic E-state index is 8.36. The van der Waals surface area contributed by atoms with Gasteiger partial charge in [-0.15, -0.1) is 0 Å². The van der Waals surface area contributed by atoms with Gasteiger partial charge in [-0.3, -0.25) is 0 Å². The van der Waals surface area contributed by atoms with Crippen molar-refractivity contribution in [3.05, 3.63) is 224 Å². The number of hydrogen-bond donors (Lipinski definition) is 0. The highest BCUT2D eigenvalue weighted by Gasteiger charge is 2.19. The van der Waals surface area contributed by atoms with Gasteiger partial charge in [-0.1, -0.05) is 152 Å². The number of fused-ring (bicyclic) bond motifs is 9. The van der Waals surface area contributed by atoms with Crippen LogP contribution in [0.3, 0.4) is 0 Å². The molecule has 63 heavy (non-hydrogen) atoms. The largest absolute Gasteiger partial charge is 0.309 e. The van der Waals surface area contributed by atoms with Crippen LogP contribution in [0.15, 0.2) is 224 Å². The Labute approximate surface area is 365 Å². The first-order chi connectivity index (χ1) is 32.0. The van der Waals surface area contributed by atoms with Crippen LogP contribution in [-0.4, -0.2) is 23.7 Å². The first-order valence-corrected chi connectivity index (χ1v) is 21.2. The third-order valence-electron chi connectivity index (χ3n) is 12.5. The fourth-order valence-corrected chi connectivity index (χ4v) is 9.72. The Kier molecular flexibility index (Phi) is 7.39. The van der Waals surface area contributed by atoms with E-state index in [-0.39, 0.29) is 0 Å². The summed E-state index contributed by atoms with van der Waals surface area (Å²) in [7, 11) is 0. The summed E-state index contributed by atoms with van der Waals surface area (Å²) in [6, 6.07) is 74.6. The number of hydrogen-bond acceptors (Lipinski definition) is 2. The molecule has 4 aromatic heterocycles. The molecule has 0 fully saturated rings. The molecule has 0 unspecified atom stereocenters. The molecule has 0 aliphatic heterocycles. The van der Waals surface area contributed by atoms with Crippen LogP contribution in [0.2, 0.25) is 0 Å². The first-order valence-electron chi connectivity index (χ1n) is 22.2. The van der Waals surface area contributed by atoms with E-state index in [0.29, 0.717) is 17.9 Å². The van der Waals surface area contributed by atoms with E-state index in [1.807, 2.05) is 54.6 Å². The molecule has 13 rings (SSSR count). The second-order valence-electron chi connectivity index (χ2n) is 16.1. The Morgan fingerprint density at radius 3 is 1.14 bits per heavy atom. The summed E-state index contributed by atoms with van der Waals surface area (Å²) in [5.74, 6) is 0.641. The van der Waals surface area contributed by atoms with Gasteiger partial charge >= 0.3 is 0 Å². The summed E-state index contributed by atoms with van der Waals surface area (Å²) in [4.78, 5) is 10.6. The maximum Gasteiger partial charge on any atom is 0.160 e. The fraction of sp³-hybridized carbons (Fsp3) is 0. The van der Waals surface area contributed by atoms with Gasteiger partial charge in [-0.05, 0) is 72.8 Å². The van der Waals surface area contributed by atoms with Crippen LogP contribution in [0.1, 0.15) is 2.74 Å². The van der Waals surface area contributed by atoms with E-state index in [4.69, 9.17) is 12.7 Å². The van der Waals surface area contributed by atoms with Crippen LogP contribution in [-0.2, 0) is 0 Å². The minimum atomic E-state index is 0.443. The van der Waals surface area contributed by atoms with Gasteiger partial charge in [0, 0.05) is 66.1 Å². The molecule has 9 aromatic carbocycles. The topological polar surface area (TPSA) is 40.6 Å². The number of aromatic nitrogens is 5. The van der Waals surface area contributed by atoms with Crippen LogP contribution in [0, 0.1) is 0 Å². The van der Waals surface area contributed by atoms with Gasteiger partial charge in [-0.25, -0.2) is 9.97 Å². The second-order valence-corrected chi connectivity index (χ2v) is 16.1. The Morgan fingerprint density at radius 1 is 0.286 bits per heavy atom. The van der Waals surface area contributed by atoms with Crippen molar-refractivity contribution in [3.8, 4) is 51.0 Å². The van der Waals surface area contributed by atoms with Crippen molar-refractivity contribution in [2.75, 3.05) is 0 Å². The van der Waals surface area contributed by atoms with Crippen LogP contribution in [0.5, 0.6) is 0 Å². The summed E-state index contributed by atoms with van der Waals surface area (Å²) in [6.45, 7) is 0. The van der Waals surface area contributed by atoms with Crippen molar-refractivity contribution in [3.63, 3.8) is 0 Å². The summed E-state index contributed by atoms with van der Waals surface area (Å²) < 4.78 is 23.7. The molecule has 13 aromatic rings. The predicted octanol–water partition coefficient (Wildman–Crippen LogP) is 14.8. The normalized spacial score (nSPS) is 12.3. The Balaban J connectivity index is 1.04. The van der Waals surface area contributed by atoms with E-state index < -0.39 is 0 Å². The summed E-state index contributed by atoms with van der Waals surface area (Å²) in [5, 5.41) is 6.73. The van der Waals surface area contributed by atoms with Crippen molar-refractivity contribution in [1.82, 2.24) is 23.7 Å². The van der Waals surface area contributed by atoms with Gasteiger partial charge in [0.05, 0.1) is 47.2 Å². The molecule has 0 saturated heterocycles. The summed E-state index contributed by atoms with van der Waals surface area (Å²) in [5.41, 5.74) is 14.0. The molecule has 5 heteroatoms. The highest BCUT2D eigenvalue weighted by atomic mass is 15.0. The van der Waals surface area contributed by atoms with E-state index in [1.165, 1.54) is 21.5 Å². The molecule has 0 aliphatic carbocycles. The number of rotatable bonds is 6. The lowest BCUT2D eigenvalue weighted by Crippen LogP contribution is -2.01. The molecular formula is C58H37N5. The molecule has 0 amide bonds. The smallest absolute Gasteiger partial charge is 0.160 e. The predicted molar refractivity (Wildman–Crippen MR) is 261 cm³/mol. The van der Waals surface area contributed by atoms with Crippen molar-refractivity contribution in [1.29, 1.82) is 0 Å². The minimum absolute atomic E-state index is 0.443. The standard InChI is InChI=1S/C58H37N5/c1-2-16-39(17-3-1)58-59-50(38-30-32-41(33-31-38)61-52-24-10-4-18-44(52)45-19-5-11-25-53(45)61)37-51(60-58)40-34-42(62-54-26-12-6-20-46(54)47-21-7-13-27-55(47)62)36-43(35-40)63-56-28-14-8-22-48(56)49-23-9-15-29-57(49)63/h1-37H/i4D,5D. The molecule has 0 radical (unpaired) electrons. The maximum absolute atomic E-state index is 8.36. The van der Waals surface area contributed by atoms with Gasteiger partial charge in [0.25, 0.3) is 0 Å². The number of benzene rings is 9. The van der Waals surface area contributed by atoms with Gasteiger partial charge < -0.3 is 13.7 Å². The summed E-state index contributed by atoms with van der Waals surface area (Å²) >= 11 is 0. The van der Waals surface area contributed by atoms with E-state index in [1.54, 1.807) is 0 Å². The van der Waals surface area contributed by atoms with Crippen LogP contribution >= 0.6 is 0 Å². The molecule has 4 heterocycles. The van der Waals surface area contributed by atoms with E-state index >= 15 is 0 Å². The van der Waals surface area contributed by atoms with Crippen molar-refractivity contribution in [2.45, 2.75) is 0 Å². The molecule has 0 N–H and O–H groups in total. The molecule has 0 bridgehead atoms. The molecule has 294 valence electrons. The molecule has 0 saturated carbocycles. The molecule has 0 atom stereocenters. The van der Waals surface area contributed by atoms with Crippen LogP contribution < -0.4 is 0 Å². The molecule has 5 nitrogen and oxygen atoms in total. The quantitative estimate of drug-likeness (QED) is 0.168. The third-order valence-corrected chi connectivity index (χ3v) is 12.5. The third kappa shape index (κ3) is 5.57. The van der Waals surface area contributed by atoms with E-state index in [0.717, 1.165) is 89.0 Å². The highest BCUT2D eigenvalue weighted by molar-refractivity contribution is 6.11. The van der Waals surface area contributed by atoms with Gasteiger partial charge in [0.1, 0.15) is 0 Å². The zero-order valence-corrected chi connectivity index (χ0v) is 33.9. The zero-order chi connectivity index (χ0) is 43.2. The van der Waals surface area contributed by atoms with Gasteiger partial charge in [0.15, 0.2) is 5.82 Å². The summed E-state index contributed by atoms with van der Waals surface area (Å²) in [6.07, 6.45) is 0. The van der Waals surface area contributed by atoms with E-state index in [9.17, 15) is 0 Å². The van der Waals surface area contributed by atoms with Crippen molar-refractivity contribution < 1.29 is 2.74 Å². The number of para-hydroxylation sites is 6. The lowest BCUT2D eigenvalue weighted by Gasteiger charge is -2.16. The van der Waals surface area contributed by atoms with Crippen LogP contribution in [0.4, 0.5) is 0 Å². The first kappa shape index (κ1) is 33.2. The lowest BCUT2D eigenvalue weighted by molar-refractivity contribution is 1.13.